The first-order valence-electron chi connectivity index (χ1n) is 6.97. The SMILES string of the molecule is CCCNC(CSc1ncnn1C)c1ccc(C)cc1. The summed E-state index contributed by atoms with van der Waals surface area (Å²) in [6, 6.07) is 9.10. The van der Waals surface area contributed by atoms with Crippen molar-refractivity contribution in [2.45, 2.75) is 31.5 Å². The van der Waals surface area contributed by atoms with E-state index in [9.17, 15) is 0 Å². The number of thioether (sulfide) groups is 1. The van der Waals surface area contributed by atoms with Crippen molar-refractivity contribution >= 4 is 11.8 Å². The van der Waals surface area contributed by atoms with Crippen LogP contribution in [0.1, 0.15) is 30.5 Å². The lowest BCUT2D eigenvalue weighted by molar-refractivity contribution is 0.576. The topological polar surface area (TPSA) is 42.7 Å². The van der Waals surface area contributed by atoms with Crippen LogP contribution in [0.3, 0.4) is 0 Å². The predicted octanol–water partition coefficient (Wildman–Crippen LogP) is 2.96. The second-order valence-corrected chi connectivity index (χ2v) is 5.88. The summed E-state index contributed by atoms with van der Waals surface area (Å²) in [5.74, 6) is 0.954. The molecule has 0 aliphatic heterocycles. The van der Waals surface area contributed by atoms with Crippen LogP contribution in [0.2, 0.25) is 0 Å². The van der Waals surface area contributed by atoms with Crippen molar-refractivity contribution in [2.75, 3.05) is 12.3 Å². The molecule has 0 fully saturated rings. The summed E-state index contributed by atoms with van der Waals surface area (Å²) in [6.07, 6.45) is 2.74. The first-order valence-corrected chi connectivity index (χ1v) is 7.96. The Morgan fingerprint density at radius 3 is 2.65 bits per heavy atom. The zero-order chi connectivity index (χ0) is 14.4. The molecule has 2 aromatic rings. The summed E-state index contributed by atoms with van der Waals surface area (Å²) in [5, 5.41) is 8.67. The second kappa shape index (κ2) is 7.45. The fraction of sp³-hybridized carbons (Fsp3) is 0.467. The Balaban J connectivity index is 2.03. The minimum Gasteiger partial charge on any atom is -0.309 e. The van der Waals surface area contributed by atoms with Crippen LogP contribution in [0.25, 0.3) is 0 Å². The number of nitrogens with one attached hydrogen (secondary N) is 1. The molecule has 0 aliphatic rings. The van der Waals surface area contributed by atoms with E-state index in [1.807, 2.05) is 11.7 Å². The lowest BCUT2D eigenvalue weighted by atomic mass is 10.1. The number of aryl methyl sites for hydroxylation is 2. The maximum Gasteiger partial charge on any atom is 0.185 e. The van der Waals surface area contributed by atoms with Crippen LogP contribution < -0.4 is 5.32 Å². The van der Waals surface area contributed by atoms with Crippen molar-refractivity contribution in [3.8, 4) is 0 Å². The van der Waals surface area contributed by atoms with Gasteiger partial charge in [-0.15, -0.1) is 0 Å². The lowest BCUT2D eigenvalue weighted by Gasteiger charge is -2.18. The molecule has 1 aromatic heterocycles. The van der Waals surface area contributed by atoms with Gasteiger partial charge in [0.1, 0.15) is 6.33 Å². The molecule has 1 atom stereocenters. The van der Waals surface area contributed by atoms with E-state index in [0.29, 0.717) is 6.04 Å². The van der Waals surface area contributed by atoms with Crippen LogP contribution in [-0.4, -0.2) is 27.1 Å². The molecule has 1 heterocycles. The van der Waals surface area contributed by atoms with Gasteiger partial charge in [-0.1, -0.05) is 48.5 Å². The van der Waals surface area contributed by atoms with E-state index >= 15 is 0 Å². The highest BCUT2D eigenvalue weighted by Gasteiger charge is 2.12. The Bertz CT molecular complexity index is 521. The molecule has 2 rings (SSSR count). The first-order chi connectivity index (χ1) is 9.70. The Hall–Kier alpha value is -1.33. The Morgan fingerprint density at radius 2 is 2.05 bits per heavy atom. The van der Waals surface area contributed by atoms with Gasteiger partial charge in [0.2, 0.25) is 0 Å². The number of rotatable bonds is 7. The minimum absolute atomic E-state index is 0.345. The molecule has 108 valence electrons. The van der Waals surface area contributed by atoms with E-state index in [1.54, 1.807) is 18.1 Å². The molecule has 20 heavy (non-hydrogen) atoms. The van der Waals surface area contributed by atoms with Gasteiger partial charge in [0.05, 0.1) is 0 Å². The van der Waals surface area contributed by atoms with Crippen LogP contribution in [0.15, 0.2) is 35.7 Å². The van der Waals surface area contributed by atoms with Crippen LogP contribution in [0.5, 0.6) is 0 Å². The predicted molar refractivity (Wildman–Crippen MR) is 83.9 cm³/mol. The van der Waals surface area contributed by atoms with E-state index < -0.39 is 0 Å². The van der Waals surface area contributed by atoms with E-state index in [1.165, 1.54) is 11.1 Å². The summed E-state index contributed by atoms with van der Waals surface area (Å²) in [6.45, 7) is 5.33. The second-order valence-electron chi connectivity index (χ2n) is 4.89. The van der Waals surface area contributed by atoms with Gasteiger partial charge in [-0.2, -0.15) is 5.10 Å². The summed E-state index contributed by atoms with van der Waals surface area (Å²) >= 11 is 1.74. The highest BCUT2D eigenvalue weighted by molar-refractivity contribution is 7.99. The third-order valence-electron chi connectivity index (χ3n) is 3.17. The summed E-state index contributed by atoms with van der Waals surface area (Å²) in [5.41, 5.74) is 2.63. The number of hydrogen-bond donors (Lipinski definition) is 1. The molecule has 4 nitrogen and oxygen atoms in total. The molecular formula is C15H22N4S. The molecule has 0 radical (unpaired) electrons. The van der Waals surface area contributed by atoms with Crippen LogP contribution in [0.4, 0.5) is 0 Å². The van der Waals surface area contributed by atoms with Crippen molar-refractivity contribution in [2.24, 2.45) is 7.05 Å². The van der Waals surface area contributed by atoms with Gasteiger partial charge in [-0.3, -0.25) is 0 Å². The van der Waals surface area contributed by atoms with Gasteiger partial charge in [0.25, 0.3) is 0 Å². The van der Waals surface area contributed by atoms with Crippen molar-refractivity contribution in [1.29, 1.82) is 0 Å². The van der Waals surface area contributed by atoms with Crippen molar-refractivity contribution in [3.05, 3.63) is 41.7 Å². The molecule has 1 N–H and O–H groups in total. The molecule has 1 unspecified atom stereocenters. The molecule has 0 spiro atoms. The van der Waals surface area contributed by atoms with Crippen LogP contribution >= 0.6 is 11.8 Å². The Labute approximate surface area is 125 Å². The summed E-state index contributed by atoms with van der Waals surface area (Å²) < 4.78 is 1.82. The Morgan fingerprint density at radius 1 is 1.30 bits per heavy atom. The van der Waals surface area contributed by atoms with Crippen molar-refractivity contribution in [3.63, 3.8) is 0 Å². The van der Waals surface area contributed by atoms with Crippen molar-refractivity contribution in [1.82, 2.24) is 20.1 Å². The number of aromatic nitrogens is 3. The summed E-state index contributed by atoms with van der Waals surface area (Å²) in [7, 11) is 1.93. The van der Waals surface area contributed by atoms with Crippen LogP contribution in [0, 0.1) is 6.92 Å². The monoisotopic (exact) mass is 290 g/mol. The minimum atomic E-state index is 0.345. The van der Waals surface area contributed by atoms with Crippen molar-refractivity contribution < 1.29 is 0 Å². The molecular weight excluding hydrogens is 268 g/mol. The standard InChI is InChI=1S/C15H22N4S/c1-4-9-16-14(13-7-5-12(2)6-8-13)10-20-15-17-11-18-19(15)3/h5-8,11,14,16H,4,9-10H2,1-3H3. The smallest absolute Gasteiger partial charge is 0.185 e. The quantitative estimate of drug-likeness (QED) is 0.796. The number of nitrogens with zero attached hydrogens (tertiary/aromatic N) is 3. The number of hydrogen-bond acceptors (Lipinski definition) is 4. The maximum atomic E-state index is 4.26. The van der Waals surface area contributed by atoms with Gasteiger partial charge in [0, 0.05) is 18.8 Å². The van der Waals surface area contributed by atoms with Gasteiger partial charge in [0.15, 0.2) is 5.16 Å². The van der Waals surface area contributed by atoms with E-state index in [-0.39, 0.29) is 0 Å². The molecule has 0 saturated heterocycles. The molecule has 0 amide bonds. The molecule has 0 aliphatic carbocycles. The fourth-order valence-corrected chi connectivity index (χ4v) is 2.95. The third-order valence-corrected chi connectivity index (χ3v) is 4.30. The van der Waals surface area contributed by atoms with E-state index in [2.05, 4.69) is 53.5 Å². The summed E-state index contributed by atoms with van der Waals surface area (Å²) in [4.78, 5) is 4.26. The zero-order valence-corrected chi connectivity index (χ0v) is 13.2. The highest BCUT2D eigenvalue weighted by Crippen LogP contribution is 2.23. The largest absolute Gasteiger partial charge is 0.309 e. The first kappa shape index (κ1) is 15.1. The highest BCUT2D eigenvalue weighted by atomic mass is 32.2. The lowest BCUT2D eigenvalue weighted by Crippen LogP contribution is -2.24. The van der Waals surface area contributed by atoms with Gasteiger partial charge in [-0.25, -0.2) is 9.67 Å². The van der Waals surface area contributed by atoms with Gasteiger partial charge in [-0.05, 0) is 25.5 Å². The average Bonchev–Trinajstić information content (AvgIpc) is 2.86. The normalized spacial score (nSPS) is 12.6. The Kier molecular flexibility index (Phi) is 5.61. The van der Waals surface area contributed by atoms with Gasteiger partial charge >= 0.3 is 0 Å². The van der Waals surface area contributed by atoms with Gasteiger partial charge < -0.3 is 5.32 Å². The third kappa shape index (κ3) is 4.08. The fourth-order valence-electron chi connectivity index (χ4n) is 1.96. The van der Waals surface area contributed by atoms with E-state index in [4.69, 9.17) is 0 Å². The number of benzene rings is 1. The van der Waals surface area contributed by atoms with E-state index in [0.717, 1.165) is 23.9 Å². The maximum absolute atomic E-state index is 4.26. The molecule has 0 bridgehead atoms. The molecule has 0 saturated carbocycles. The zero-order valence-electron chi connectivity index (χ0n) is 12.3. The average molecular weight is 290 g/mol. The molecule has 5 heteroatoms. The van der Waals surface area contributed by atoms with Crippen LogP contribution in [-0.2, 0) is 7.05 Å². The molecule has 1 aromatic carbocycles.